The van der Waals surface area contributed by atoms with Crippen LogP contribution in [-0.4, -0.2) is 12.6 Å². The summed E-state index contributed by atoms with van der Waals surface area (Å²) in [6.45, 7) is 4.49. The summed E-state index contributed by atoms with van der Waals surface area (Å²) >= 11 is 0. The molecule has 2 nitrogen and oxygen atoms in total. The van der Waals surface area contributed by atoms with Gasteiger partial charge in [0.1, 0.15) is 0 Å². The molecule has 26 heavy (non-hydrogen) atoms. The van der Waals surface area contributed by atoms with Crippen molar-refractivity contribution in [2.45, 2.75) is 78.1 Å². The topological polar surface area (TPSA) is 26.3 Å². The molecule has 0 heterocycles. The molecule has 0 saturated heterocycles. The van der Waals surface area contributed by atoms with Crippen molar-refractivity contribution in [3.8, 4) is 0 Å². The van der Waals surface area contributed by atoms with Gasteiger partial charge in [-0.2, -0.15) is 0 Å². The molecule has 0 radical (unpaired) electrons. The highest BCUT2D eigenvalue weighted by molar-refractivity contribution is 5.69. The van der Waals surface area contributed by atoms with Crippen LogP contribution < -0.4 is 0 Å². The number of esters is 1. The van der Waals surface area contributed by atoms with Crippen molar-refractivity contribution in [2.75, 3.05) is 6.61 Å². The van der Waals surface area contributed by atoms with E-state index in [1.54, 1.807) is 0 Å². The summed E-state index contributed by atoms with van der Waals surface area (Å²) in [5, 5.41) is 0. The van der Waals surface area contributed by atoms with Gasteiger partial charge in [-0.3, -0.25) is 4.79 Å². The number of allylic oxidation sites excluding steroid dienone is 10. The monoisotopic (exact) mass is 358 g/mol. The van der Waals surface area contributed by atoms with Gasteiger partial charge in [-0.1, -0.05) is 74.1 Å². The lowest BCUT2D eigenvalue weighted by Gasteiger charge is -2.00. The Kier molecular flexibility index (Phi) is 19.7. The second kappa shape index (κ2) is 21.2. The van der Waals surface area contributed by atoms with Gasteiger partial charge < -0.3 is 4.74 Å². The molecule has 0 atom stereocenters. The predicted molar refractivity (Wildman–Crippen MR) is 114 cm³/mol. The van der Waals surface area contributed by atoms with Gasteiger partial charge in [0.2, 0.25) is 0 Å². The molecule has 0 bridgehead atoms. The third-order valence-electron chi connectivity index (χ3n) is 3.71. The molecule has 0 unspecified atom stereocenters. The highest BCUT2D eigenvalue weighted by atomic mass is 16.5. The van der Waals surface area contributed by atoms with Crippen molar-refractivity contribution in [3.63, 3.8) is 0 Å². The maximum absolute atomic E-state index is 11.2. The van der Waals surface area contributed by atoms with E-state index in [0.29, 0.717) is 13.0 Å². The van der Waals surface area contributed by atoms with E-state index in [1.807, 2.05) is 6.92 Å². The molecule has 0 fully saturated rings. The van der Waals surface area contributed by atoms with Crippen LogP contribution in [0.15, 0.2) is 60.8 Å². The van der Waals surface area contributed by atoms with Gasteiger partial charge in [-0.05, 0) is 58.3 Å². The van der Waals surface area contributed by atoms with Crippen molar-refractivity contribution in [1.82, 2.24) is 0 Å². The lowest BCUT2D eigenvalue weighted by atomic mass is 10.1. The van der Waals surface area contributed by atoms with Crippen molar-refractivity contribution >= 4 is 5.97 Å². The van der Waals surface area contributed by atoms with Crippen molar-refractivity contribution in [3.05, 3.63) is 60.8 Å². The molecule has 0 amide bonds. The van der Waals surface area contributed by atoms with Gasteiger partial charge >= 0.3 is 5.97 Å². The van der Waals surface area contributed by atoms with E-state index in [-0.39, 0.29) is 5.97 Å². The molecule has 0 spiro atoms. The summed E-state index contributed by atoms with van der Waals surface area (Å²) < 4.78 is 4.91. The second-order valence-electron chi connectivity index (χ2n) is 6.11. The number of rotatable bonds is 16. The molecule has 0 saturated carbocycles. The Labute approximate surface area is 161 Å². The van der Waals surface area contributed by atoms with Crippen LogP contribution in [0.3, 0.4) is 0 Å². The number of hydrogen-bond acceptors (Lipinski definition) is 2. The molecule has 0 aliphatic rings. The van der Waals surface area contributed by atoms with Crippen molar-refractivity contribution in [1.29, 1.82) is 0 Å². The fourth-order valence-electron chi connectivity index (χ4n) is 2.31. The lowest BCUT2D eigenvalue weighted by Crippen LogP contribution is -2.02. The van der Waals surface area contributed by atoms with Crippen LogP contribution in [0.1, 0.15) is 78.1 Å². The summed E-state index contributed by atoms with van der Waals surface area (Å²) in [4.78, 5) is 11.2. The zero-order valence-corrected chi connectivity index (χ0v) is 16.9. The van der Waals surface area contributed by atoms with Crippen LogP contribution in [-0.2, 0) is 9.53 Å². The van der Waals surface area contributed by atoms with E-state index < -0.39 is 0 Å². The maximum atomic E-state index is 11.2. The summed E-state index contributed by atoms with van der Waals surface area (Å²) in [6, 6.07) is 0. The Morgan fingerprint density at radius 3 is 1.65 bits per heavy atom. The zero-order valence-electron chi connectivity index (χ0n) is 16.9. The lowest BCUT2D eigenvalue weighted by molar-refractivity contribution is -0.143. The Hall–Kier alpha value is -1.83. The minimum absolute atomic E-state index is 0.0672. The van der Waals surface area contributed by atoms with Gasteiger partial charge in [-0.15, -0.1) is 0 Å². The second-order valence-corrected chi connectivity index (χ2v) is 6.11. The highest BCUT2D eigenvalue weighted by Gasteiger charge is 1.99. The van der Waals surface area contributed by atoms with E-state index >= 15 is 0 Å². The fourth-order valence-corrected chi connectivity index (χ4v) is 2.31. The average molecular weight is 359 g/mol. The van der Waals surface area contributed by atoms with Crippen LogP contribution in [0.2, 0.25) is 0 Å². The summed E-state index contributed by atoms with van der Waals surface area (Å²) in [5.41, 5.74) is 0. The van der Waals surface area contributed by atoms with Crippen molar-refractivity contribution in [2.24, 2.45) is 0 Å². The maximum Gasteiger partial charge on any atom is 0.305 e. The SMILES string of the molecule is CC/C=C\C/C=C\C/C=C\C/C=C\C/C=C\CCCCCC(=O)OCC. The average Bonchev–Trinajstić information content (AvgIpc) is 2.64. The fraction of sp³-hybridized carbons (Fsp3) is 0.542. The standard InChI is InChI=1S/C24H38O2/c1-3-5-6-7-8-9-10-11-12-13-14-15-16-17-18-19-20-21-22-23-24(25)26-4-2/h5-6,8-9,11-12,14-15,17-18H,3-4,7,10,13,16,19-23H2,1-2H3/b6-5-,9-8-,12-11-,15-14-,18-17-. The minimum atomic E-state index is -0.0672. The molecule has 0 aliphatic heterocycles. The number of carbonyl (C=O) groups excluding carboxylic acids is 1. The van der Waals surface area contributed by atoms with Gasteiger partial charge in [0.25, 0.3) is 0 Å². The number of hydrogen-bond donors (Lipinski definition) is 0. The smallest absolute Gasteiger partial charge is 0.305 e. The van der Waals surface area contributed by atoms with E-state index in [1.165, 1.54) is 0 Å². The Balaban J connectivity index is 3.43. The predicted octanol–water partition coefficient (Wildman–Crippen LogP) is 7.25. The molecule has 0 aromatic heterocycles. The first-order valence-electron chi connectivity index (χ1n) is 10.2. The minimum Gasteiger partial charge on any atom is -0.466 e. The number of unbranched alkanes of at least 4 members (excludes halogenated alkanes) is 3. The molecule has 0 aliphatic carbocycles. The molecule has 0 aromatic carbocycles. The molecule has 0 rings (SSSR count). The van der Waals surface area contributed by atoms with Crippen molar-refractivity contribution < 1.29 is 9.53 Å². The number of ether oxygens (including phenoxy) is 1. The zero-order chi connectivity index (χ0) is 19.1. The first-order chi connectivity index (χ1) is 12.8. The van der Waals surface area contributed by atoms with Gasteiger partial charge in [0, 0.05) is 6.42 Å². The molecular formula is C24H38O2. The summed E-state index contributed by atoms with van der Waals surface area (Å²) in [6.07, 6.45) is 32.2. The highest BCUT2D eigenvalue weighted by Crippen LogP contribution is 2.05. The summed E-state index contributed by atoms with van der Waals surface area (Å²) in [5.74, 6) is -0.0672. The van der Waals surface area contributed by atoms with Crippen LogP contribution in [0.25, 0.3) is 0 Å². The first kappa shape index (κ1) is 24.2. The molecular weight excluding hydrogens is 320 g/mol. The third kappa shape index (κ3) is 20.2. The van der Waals surface area contributed by atoms with Gasteiger partial charge in [0.15, 0.2) is 0 Å². The molecule has 0 aromatic rings. The van der Waals surface area contributed by atoms with Gasteiger partial charge in [0.05, 0.1) is 6.61 Å². The van der Waals surface area contributed by atoms with E-state index in [9.17, 15) is 4.79 Å². The van der Waals surface area contributed by atoms with E-state index in [4.69, 9.17) is 4.74 Å². The number of carbonyl (C=O) groups is 1. The Morgan fingerprint density at radius 2 is 1.15 bits per heavy atom. The Bertz CT molecular complexity index is 453. The first-order valence-corrected chi connectivity index (χ1v) is 10.2. The largest absolute Gasteiger partial charge is 0.466 e. The Morgan fingerprint density at radius 1 is 0.654 bits per heavy atom. The third-order valence-corrected chi connectivity index (χ3v) is 3.71. The van der Waals surface area contributed by atoms with Crippen LogP contribution in [0.5, 0.6) is 0 Å². The van der Waals surface area contributed by atoms with Gasteiger partial charge in [-0.25, -0.2) is 0 Å². The summed E-state index contributed by atoms with van der Waals surface area (Å²) in [7, 11) is 0. The molecule has 146 valence electrons. The molecule has 2 heteroatoms. The van der Waals surface area contributed by atoms with Crippen LogP contribution >= 0.6 is 0 Å². The van der Waals surface area contributed by atoms with E-state index in [0.717, 1.165) is 57.8 Å². The quantitative estimate of drug-likeness (QED) is 0.165. The van der Waals surface area contributed by atoms with E-state index in [2.05, 4.69) is 67.7 Å². The molecule has 0 N–H and O–H groups in total. The van der Waals surface area contributed by atoms with Crippen LogP contribution in [0.4, 0.5) is 0 Å². The normalized spacial score (nSPS) is 12.5. The van der Waals surface area contributed by atoms with Crippen LogP contribution in [0, 0.1) is 0 Å².